The van der Waals surface area contributed by atoms with E-state index in [1.807, 2.05) is 30.3 Å². The van der Waals surface area contributed by atoms with Crippen molar-refractivity contribution in [2.24, 2.45) is 0 Å². The summed E-state index contributed by atoms with van der Waals surface area (Å²) in [7, 11) is 0. The number of carboxylic acids is 1. The average molecular weight is 319 g/mol. The molecule has 1 amide bonds. The predicted octanol–water partition coefficient (Wildman–Crippen LogP) is 1.45. The molecule has 7 heteroatoms. The lowest BCUT2D eigenvalue weighted by atomic mass is 10.1. The second kappa shape index (κ2) is 8.23. The van der Waals surface area contributed by atoms with Crippen molar-refractivity contribution in [1.82, 2.24) is 15.3 Å². The predicted molar refractivity (Wildman–Crippen MR) is 84.5 cm³/mol. The topological polar surface area (TPSA) is 95.1 Å². The number of aliphatic carboxylic acids is 1. The fourth-order valence-electron chi connectivity index (χ4n) is 1.90. The lowest BCUT2D eigenvalue weighted by Crippen LogP contribution is -2.43. The van der Waals surface area contributed by atoms with Crippen molar-refractivity contribution in [1.29, 1.82) is 0 Å². The van der Waals surface area contributed by atoms with Crippen molar-refractivity contribution >= 4 is 23.6 Å². The van der Waals surface area contributed by atoms with E-state index in [4.69, 9.17) is 0 Å². The zero-order chi connectivity index (χ0) is 15.8. The van der Waals surface area contributed by atoms with E-state index >= 15 is 0 Å². The molecule has 0 radical (unpaired) electrons. The van der Waals surface area contributed by atoms with Gasteiger partial charge in [-0.25, -0.2) is 9.78 Å². The monoisotopic (exact) mass is 319 g/mol. The molecule has 0 aliphatic rings. The van der Waals surface area contributed by atoms with E-state index in [-0.39, 0.29) is 18.1 Å². The van der Waals surface area contributed by atoms with Crippen LogP contribution in [-0.2, 0) is 21.8 Å². The van der Waals surface area contributed by atoms with Gasteiger partial charge in [0.1, 0.15) is 6.04 Å². The third-order valence-corrected chi connectivity index (χ3v) is 3.94. The number of carboxylic acid groups (broad SMARTS) is 1. The lowest BCUT2D eigenvalue weighted by Gasteiger charge is -2.14. The number of aromatic amines is 1. The van der Waals surface area contributed by atoms with Crippen molar-refractivity contribution in [3.8, 4) is 0 Å². The first-order valence-electron chi connectivity index (χ1n) is 6.76. The summed E-state index contributed by atoms with van der Waals surface area (Å²) in [6.07, 6.45) is 3.55. The number of thioether (sulfide) groups is 1. The van der Waals surface area contributed by atoms with Crippen molar-refractivity contribution in [2.75, 3.05) is 5.75 Å². The highest BCUT2D eigenvalue weighted by Gasteiger charge is 2.20. The number of carbonyl (C=O) groups is 2. The van der Waals surface area contributed by atoms with Crippen molar-refractivity contribution < 1.29 is 14.7 Å². The largest absolute Gasteiger partial charge is 0.480 e. The van der Waals surface area contributed by atoms with Crippen LogP contribution in [0.1, 0.15) is 11.3 Å². The van der Waals surface area contributed by atoms with Gasteiger partial charge in [0.05, 0.1) is 12.1 Å². The standard InChI is InChI=1S/C15H17N3O3S/c19-14(9-22-8-12-7-16-10-17-12)18-13(15(20)21)6-11-4-2-1-3-5-11/h1-5,7,10,13H,6,8-9H2,(H,16,17)(H,18,19)(H,20,21)/t13-/m0/s1. The second-order valence-corrected chi connectivity index (χ2v) is 5.70. The first kappa shape index (κ1) is 16.1. The molecule has 1 aromatic carbocycles. The van der Waals surface area contributed by atoms with Gasteiger partial charge in [-0.15, -0.1) is 11.8 Å². The number of nitrogens with zero attached hydrogens (tertiary/aromatic N) is 1. The molecule has 6 nitrogen and oxygen atoms in total. The number of carbonyl (C=O) groups excluding carboxylic acids is 1. The minimum Gasteiger partial charge on any atom is -0.480 e. The molecule has 0 unspecified atom stereocenters. The van der Waals surface area contributed by atoms with Crippen molar-refractivity contribution in [2.45, 2.75) is 18.2 Å². The normalized spacial score (nSPS) is 11.8. The third kappa shape index (κ3) is 5.25. The summed E-state index contributed by atoms with van der Waals surface area (Å²) in [5.74, 6) is -0.481. The van der Waals surface area contributed by atoms with E-state index in [0.29, 0.717) is 5.75 Å². The Labute approximate surface area is 132 Å². The highest BCUT2D eigenvalue weighted by atomic mass is 32.2. The van der Waals surface area contributed by atoms with Gasteiger partial charge in [0, 0.05) is 24.1 Å². The molecule has 0 aliphatic heterocycles. The van der Waals surface area contributed by atoms with Crippen LogP contribution in [0.25, 0.3) is 0 Å². The van der Waals surface area contributed by atoms with Gasteiger partial charge in [-0.3, -0.25) is 4.79 Å². The second-order valence-electron chi connectivity index (χ2n) is 4.72. The van der Waals surface area contributed by atoms with Crippen LogP contribution in [0.3, 0.4) is 0 Å². The van der Waals surface area contributed by atoms with Crippen LogP contribution in [0, 0.1) is 0 Å². The van der Waals surface area contributed by atoms with Crippen molar-refractivity contribution in [3.05, 3.63) is 54.1 Å². The number of hydrogen-bond acceptors (Lipinski definition) is 4. The minimum absolute atomic E-state index is 0.206. The zero-order valence-corrected chi connectivity index (χ0v) is 12.7. The van der Waals surface area contributed by atoms with Crippen molar-refractivity contribution in [3.63, 3.8) is 0 Å². The van der Waals surface area contributed by atoms with E-state index in [0.717, 1.165) is 11.3 Å². The van der Waals surface area contributed by atoms with Gasteiger partial charge in [-0.2, -0.15) is 0 Å². The number of rotatable bonds is 8. The highest BCUT2D eigenvalue weighted by Crippen LogP contribution is 2.09. The first-order chi connectivity index (χ1) is 10.6. The first-order valence-corrected chi connectivity index (χ1v) is 7.91. The lowest BCUT2D eigenvalue weighted by molar-refractivity contribution is -0.141. The van der Waals surface area contributed by atoms with Crippen LogP contribution in [-0.4, -0.2) is 38.7 Å². The molecule has 2 rings (SSSR count). The Bertz CT molecular complexity index is 602. The Hall–Kier alpha value is -2.28. The summed E-state index contributed by atoms with van der Waals surface area (Å²) in [5.41, 5.74) is 1.80. The Morgan fingerprint density at radius 1 is 1.32 bits per heavy atom. The van der Waals surface area contributed by atoms with Crippen LogP contribution in [0.15, 0.2) is 42.9 Å². The number of nitrogens with one attached hydrogen (secondary N) is 2. The summed E-state index contributed by atoms with van der Waals surface area (Å²) >= 11 is 1.40. The molecule has 1 atom stereocenters. The molecule has 22 heavy (non-hydrogen) atoms. The molecule has 0 saturated heterocycles. The fraction of sp³-hybridized carbons (Fsp3) is 0.267. The molecule has 116 valence electrons. The Balaban J connectivity index is 1.80. The van der Waals surface area contributed by atoms with E-state index in [1.54, 1.807) is 12.5 Å². The molecule has 3 N–H and O–H groups in total. The van der Waals surface area contributed by atoms with E-state index in [2.05, 4.69) is 15.3 Å². The van der Waals surface area contributed by atoms with Gasteiger partial charge in [0.15, 0.2) is 0 Å². The maximum Gasteiger partial charge on any atom is 0.326 e. The summed E-state index contributed by atoms with van der Waals surface area (Å²) in [5, 5.41) is 11.8. The number of hydrogen-bond donors (Lipinski definition) is 3. The van der Waals surface area contributed by atoms with Gasteiger partial charge in [0.2, 0.25) is 5.91 Å². The molecule has 0 saturated carbocycles. The van der Waals surface area contributed by atoms with Gasteiger partial charge in [0.25, 0.3) is 0 Å². The zero-order valence-electron chi connectivity index (χ0n) is 11.9. The third-order valence-electron chi connectivity index (χ3n) is 2.96. The summed E-state index contributed by atoms with van der Waals surface area (Å²) in [4.78, 5) is 30.0. The van der Waals surface area contributed by atoms with E-state index in [9.17, 15) is 14.7 Å². The summed E-state index contributed by atoms with van der Waals surface area (Å²) < 4.78 is 0. The average Bonchev–Trinajstić information content (AvgIpc) is 3.01. The maximum absolute atomic E-state index is 11.9. The van der Waals surface area contributed by atoms with E-state index < -0.39 is 12.0 Å². The Kier molecular flexibility index (Phi) is 6.02. The summed E-state index contributed by atoms with van der Waals surface area (Å²) in [6, 6.07) is 8.32. The molecule has 0 aliphatic carbocycles. The SMILES string of the molecule is O=C(CSCc1cnc[nH]1)N[C@@H](Cc1ccccc1)C(=O)O. The Morgan fingerprint density at radius 2 is 2.09 bits per heavy atom. The van der Waals surface area contributed by atoms with Crippen LogP contribution in [0.5, 0.6) is 0 Å². The van der Waals surface area contributed by atoms with Crippen LogP contribution in [0.2, 0.25) is 0 Å². The molecular formula is C15H17N3O3S. The van der Waals surface area contributed by atoms with Crippen LogP contribution < -0.4 is 5.32 Å². The summed E-state index contributed by atoms with van der Waals surface area (Å²) in [6.45, 7) is 0. The molecule has 2 aromatic rings. The van der Waals surface area contributed by atoms with Gasteiger partial charge in [-0.05, 0) is 5.56 Å². The molecular weight excluding hydrogens is 302 g/mol. The van der Waals surface area contributed by atoms with Gasteiger partial charge < -0.3 is 15.4 Å². The minimum atomic E-state index is -1.03. The van der Waals surface area contributed by atoms with Gasteiger partial charge in [-0.1, -0.05) is 30.3 Å². The molecule has 1 heterocycles. The van der Waals surface area contributed by atoms with E-state index in [1.165, 1.54) is 11.8 Å². The Morgan fingerprint density at radius 3 is 2.73 bits per heavy atom. The smallest absolute Gasteiger partial charge is 0.326 e. The molecule has 0 bridgehead atoms. The van der Waals surface area contributed by atoms with Gasteiger partial charge >= 0.3 is 5.97 Å². The number of imidazole rings is 1. The maximum atomic E-state index is 11.9. The molecule has 1 aromatic heterocycles. The number of benzene rings is 1. The molecule has 0 spiro atoms. The molecule has 0 fully saturated rings. The number of H-pyrrole nitrogens is 1. The quantitative estimate of drug-likeness (QED) is 0.684. The van der Waals surface area contributed by atoms with Crippen LogP contribution in [0.4, 0.5) is 0 Å². The number of aromatic nitrogens is 2. The highest BCUT2D eigenvalue weighted by molar-refractivity contribution is 7.99. The van der Waals surface area contributed by atoms with Crippen LogP contribution >= 0.6 is 11.8 Å². The fourth-order valence-corrected chi connectivity index (χ4v) is 2.65. The number of amides is 1.